The Morgan fingerprint density at radius 3 is 2.86 bits per heavy atom. The Hall–Kier alpha value is -1.38. The van der Waals surface area contributed by atoms with Crippen molar-refractivity contribution in [3.8, 4) is 0 Å². The minimum absolute atomic E-state index is 0.0496. The van der Waals surface area contributed by atoms with E-state index in [-0.39, 0.29) is 17.3 Å². The van der Waals surface area contributed by atoms with Gasteiger partial charge in [0, 0.05) is 6.54 Å². The number of esters is 1. The van der Waals surface area contributed by atoms with E-state index in [0.29, 0.717) is 12.8 Å². The molecule has 1 aromatic carbocycles. The standard InChI is InChI=1S/C12H14ClFN2O4S/c1-20-12(17)11-3-2-6-16(11)21(18,19)15-10-5-4-8(14)7-9(10)13/h4-5,7,11,15H,2-3,6H2,1H3/t11-/m0/s1. The summed E-state index contributed by atoms with van der Waals surface area (Å²) in [5.41, 5.74) is 0.0496. The predicted octanol–water partition coefficient (Wildman–Crippen LogP) is 1.77. The summed E-state index contributed by atoms with van der Waals surface area (Å²) in [7, 11) is -2.77. The van der Waals surface area contributed by atoms with Gasteiger partial charge in [0.1, 0.15) is 11.9 Å². The summed E-state index contributed by atoms with van der Waals surface area (Å²) in [6.45, 7) is 0.202. The molecule has 21 heavy (non-hydrogen) atoms. The molecule has 0 bridgehead atoms. The first kappa shape index (κ1) is 16.0. The number of hydrogen-bond donors (Lipinski definition) is 1. The minimum Gasteiger partial charge on any atom is -0.468 e. The van der Waals surface area contributed by atoms with Crippen LogP contribution in [0.1, 0.15) is 12.8 Å². The molecule has 0 aliphatic carbocycles. The van der Waals surface area contributed by atoms with E-state index in [1.807, 2.05) is 0 Å². The van der Waals surface area contributed by atoms with E-state index in [1.54, 1.807) is 0 Å². The summed E-state index contributed by atoms with van der Waals surface area (Å²) in [6, 6.07) is 2.46. The van der Waals surface area contributed by atoms with Crippen molar-refractivity contribution < 1.29 is 22.3 Å². The third-order valence-electron chi connectivity index (χ3n) is 3.16. The fraction of sp³-hybridized carbons (Fsp3) is 0.417. The smallest absolute Gasteiger partial charge is 0.324 e. The first-order chi connectivity index (χ1) is 9.85. The van der Waals surface area contributed by atoms with Crippen LogP contribution in [0, 0.1) is 5.82 Å². The molecule has 1 aliphatic heterocycles. The normalized spacial score (nSPS) is 19.5. The first-order valence-corrected chi connectivity index (χ1v) is 7.99. The second-order valence-corrected chi connectivity index (χ2v) is 6.55. The third-order valence-corrected chi connectivity index (χ3v) is 5.00. The van der Waals surface area contributed by atoms with E-state index in [9.17, 15) is 17.6 Å². The highest BCUT2D eigenvalue weighted by atomic mass is 35.5. The number of hydrogen-bond acceptors (Lipinski definition) is 4. The van der Waals surface area contributed by atoms with Crippen molar-refractivity contribution in [2.24, 2.45) is 0 Å². The van der Waals surface area contributed by atoms with Gasteiger partial charge in [-0.3, -0.25) is 9.52 Å². The van der Waals surface area contributed by atoms with Gasteiger partial charge in [0.25, 0.3) is 0 Å². The van der Waals surface area contributed by atoms with Crippen molar-refractivity contribution in [2.45, 2.75) is 18.9 Å². The molecule has 0 unspecified atom stereocenters. The van der Waals surface area contributed by atoms with Gasteiger partial charge in [0.2, 0.25) is 0 Å². The zero-order chi connectivity index (χ0) is 15.6. The number of halogens is 2. The van der Waals surface area contributed by atoms with Gasteiger partial charge < -0.3 is 4.74 Å². The van der Waals surface area contributed by atoms with Crippen LogP contribution in [-0.2, 0) is 19.7 Å². The van der Waals surface area contributed by atoms with Crippen molar-refractivity contribution in [3.05, 3.63) is 29.0 Å². The molecule has 0 radical (unpaired) electrons. The fourth-order valence-corrected chi connectivity index (χ4v) is 3.91. The largest absolute Gasteiger partial charge is 0.468 e. The Labute approximate surface area is 127 Å². The maximum absolute atomic E-state index is 13.0. The number of nitrogens with zero attached hydrogens (tertiary/aromatic N) is 1. The summed E-state index contributed by atoms with van der Waals surface area (Å²) in [4.78, 5) is 11.6. The Morgan fingerprint density at radius 2 is 2.24 bits per heavy atom. The maximum Gasteiger partial charge on any atom is 0.324 e. The average molecular weight is 337 g/mol. The van der Waals surface area contributed by atoms with Crippen molar-refractivity contribution in [1.29, 1.82) is 0 Å². The number of anilines is 1. The van der Waals surface area contributed by atoms with Crippen LogP contribution in [0.2, 0.25) is 5.02 Å². The molecular formula is C12H14ClFN2O4S. The van der Waals surface area contributed by atoms with Crippen LogP contribution >= 0.6 is 11.6 Å². The SMILES string of the molecule is COC(=O)[C@@H]1CCCN1S(=O)(=O)Nc1ccc(F)cc1Cl. The fourth-order valence-electron chi connectivity index (χ4n) is 2.17. The quantitative estimate of drug-likeness (QED) is 0.850. The molecule has 0 saturated carbocycles. The number of carbonyl (C=O) groups is 1. The molecule has 1 atom stereocenters. The zero-order valence-corrected chi connectivity index (χ0v) is 12.7. The number of nitrogens with one attached hydrogen (secondary N) is 1. The van der Waals surface area contributed by atoms with Gasteiger partial charge in [-0.2, -0.15) is 12.7 Å². The van der Waals surface area contributed by atoms with Crippen molar-refractivity contribution in [3.63, 3.8) is 0 Å². The van der Waals surface area contributed by atoms with Crippen LogP contribution in [0.3, 0.4) is 0 Å². The lowest BCUT2D eigenvalue weighted by molar-refractivity contribution is -0.144. The first-order valence-electron chi connectivity index (χ1n) is 6.17. The molecule has 1 N–H and O–H groups in total. The highest BCUT2D eigenvalue weighted by Crippen LogP contribution is 2.27. The van der Waals surface area contributed by atoms with E-state index >= 15 is 0 Å². The molecule has 1 fully saturated rings. The highest BCUT2D eigenvalue weighted by molar-refractivity contribution is 7.90. The van der Waals surface area contributed by atoms with Crippen LogP contribution in [0.25, 0.3) is 0 Å². The molecule has 1 saturated heterocycles. The molecule has 116 valence electrons. The predicted molar refractivity (Wildman–Crippen MR) is 75.7 cm³/mol. The molecule has 1 aromatic rings. The van der Waals surface area contributed by atoms with Gasteiger partial charge in [-0.25, -0.2) is 4.39 Å². The van der Waals surface area contributed by atoms with Crippen LogP contribution in [0.4, 0.5) is 10.1 Å². The number of benzene rings is 1. The monoisotopic (exact) mass is 336 g/mol. The third kappa shape index (κ3) is 3.45. The second kappa shape index (κ2) is 6.17. The number of carbonyl (C=O) groups excluding carboxylic acids is 1. The number of ether oxygens (including phenoxy) is 1. The molecule has 1 heterocycles. The number of rotatable bonds is 4. The Kier molecular flexibility index (Phi) is 4.70. The van der Waals surface area contributed by atoms with Gasteiger partial charge in [-0.1, -0.05) is 11.6 Å². The van der Waals surface area contributed by atoms with Crippen molar-refractivity contribution >= 4 is 33.5 Å². The van der Waals surface area contributed by atoms with Crippen molar-refractivity contribution in [1.82, 2.24) is 4.31 Å². The van der Waals surface area contributed by atoms with Gasteiger partial charge in [0.15, 0.2) is 0 Å². The van der Waals surface area contributed by atoms with Gasteiger partial charge in [-0.15, -0.1) is 0 Å². The van der Waals surface area contributed by atoms with E-state index in [2.05, 4.69) is 9.46 Å². The van der Waals surface area contributed by atoms with Gasteiger partial charge >= 0.3 is 16.2 Å². The summed E-state index contributed by atoms with van der Waals surface area (Å²) in [5, 5.41) is -0.0626. The maximum atomic E-state index is 13.0. The molecule has 0 spiro atoms. The van der Waals surface area contributed by atoms with Crippen LogP contribution in [0.5, 0.6) is 0 Å². The van der Waals surface area contributed by atoms with E-state index in [4.69, 9.17) is 11.6 Å². The van der Waals surface area contributed by atoms with Crippen LogP contribution in [-0.4, -0.2) is 38.4 Å². The molecule has 2 rings (SSSR count). The zero-order valence-electron chi connectivity index (χ0n) is 11.2. The van der Waals surface area contributed by atoms with Crippen LogP contribution < -0.4 is 4.72 Å². The van der Waals surface area contributed by atoms with Gasteiger partial charge in [0.05, 0.1) is 17.8 Å². The summed E-state index contributed by atoms with van der Waals surface area (Å²) < 4.78 is 45.5. The molecule has 6 nitrogen and oxygen atoms in total. The molecule has 0 amide bonds. The van der Waals surface area contributed by atoms with E-state index in [1.165, 1.54) is 13.2 Å². The number of methoxy groups -OCH3 is 1. The van der Waals surface area contributed by atoms with Crippen LogP contribution in [0.15, 0.2) is 18.2 Å². The minimum atomic E-state index is -3.98. The molecule has 9 heteroatoms. The summed E-state index contributed by atoms with van der Waals surface area (Å²) >= 11 is 5.79. The lowest BCUT2D eigenvalue weighted by Gasteiger charge is -2.23. The van der Waals surface area contributed by atoms with Gasteiger partial charge in [-0.05, 0) is 31.0 Å². The lowest BCUT2D eigenvalue weighted by atomic mass is 10.2. The second-order valence-electron chi connectivity index (χ2n) is 4.52. The molecular weight excluding hydrogens is 323 g/mol. The highest BCUT2D eigenvalue weighted by Gasteiger charge is 2.39. The molecule has 0 aromatic heterocycles. The average Bonchev–Trinajstić information content (AvgIpc) is 2.91. The van der Waals surface area contributed by atoms with Crippen molar-refractivity contribution in [2.75, 3.05) is 18.4 Å². The van der Waals surface area contributed by atoms with E-state index in [0.717, 1.165) is 16.4 Å². The lowest BCUT2D eigenvalue weighted by Crippen LogP contribution is -2.43. The Bertz CT molecular complexity index is 653. The summed E-state index contributed by atoms with van der Waals surface area (Å²) in [5.74, 6) is -1.18. The Morgan fingerprint density at radius 1 is 1.52 bits per heavy atom. The Balaban J connectivity index is 2.23. The summed E-state index contributed by atoms with van der Waals surface area (Å²) in [6.07, 6.45) is 0.947. The topological polar surface area (TPSA) is 75.7 Å². The molecule has 1 aliphatic rings. The van der Waals surface area contributed by atoms with E-state index < -0.39 is 28.0 Å².